The van der Waals surface area contributed by atoms with Gasteiger partial charge in [-0.2, -0.15) is 0 Å². The van der Waals surface area contributed by atoms with Crippen molar-refractivity contribution in [1.82, 2.24) is 10.2 Å². The Morgan fingerprint density at radius 3 is 3.05 bits per heavy atom. The quantitative estimate of drug-likeness (QED) is 0.662. The lowest BCUT2D eigenvalue weighted by Gasteiger charge is -2.33. The molecule has 1 aliphatic heterocycles. The van der Waals surface area contributed by atoms with E-state index in [0.717, 1.165) is 26.2 Å². The molecule has 6 nitrogen and oxygen atoms in total. The van der Waals surface area contributed by atoms with Crippen LogP contribution in [0.25, 0.3) is 0 Å². The second-order valence-electron chi connectivity index (χ2n) is 4.69. The number of piperazine rings is 1. The van der Waals surface area contributed by atoms with Crippen LogP contribution in [-0.2, 0) is 0 Å². The van der Waals surface area contributed by atoms with Crippen LogP contribution in [0, 0.1) is 10.1 Å². The van der Waals surface area contributed by atoms with Gasteiger partial charge in [0, 0.05) is 38.3 Å². The maximum Gasteiger partial charge on any atom is 0.273 e. The zero-order chi connectivity index (χ0) is 13.7. The van der Waals surface area contributed by atoms with Gasteiger partial charge in [-0.25, -0.2) is 0 Å². The molecule has 2 rings (SSSR count). The fourth-order valence-electron chi connectivity index (χ4n) is 2.18. The van der Waals surface area contributed by atoms with E-state index in [0.29, 0.717) is 18.4 Å². The Hall–Kier alpha value is -1.37. The molecule has 0 spiro atoms. The van der Waals surface area contributed by atoms with Crippen LogP contribution in [0.5, 0.6) is 5.75 Å². The fraction of sp³-hybridized carbons (Fsp3) is 0.538. The van der Waals surface area contributed by atoms with Gasteiger partial charge >= 0.3 is 0 Å². The van der Waals surface area contributed by atoms with Crippen LogP contribution in [0.1, 0.15) is 6.92 Å². The number of hydrogen-bond acceptors (Lipinski definition) is 5. The second-order valence-corrected chi connectivity index (χ2v) is 4.69. The predicted octanol–water partition coefficient (Wildman–Crippen LogP) is 1.69. The monoisotopic (exact) mass is 301 g/mol. The normalized spacial score (nSPS) is 19.1. The van der Waals surface area contributed by atoms with Crippen molar-refractivity contribution in [2.45, 2.75) is 13.0 Å². The molecule has 1 saturated heterocycles. The number of rotatable bonds is 5. The molecule has 1 N–H and O–H groups in total. The number of hydrogen-bond donors (Lipinski definition) is 1. The Bertz CT molecular complexity index is 445. The van der Waals surface area contributed by atoms with Crippen molar-refractivity contribution < 1.29 is 9.66 Å². The third-order valence-corrected chi connectivity index (χ3v) is 3.31. The molecule has 1 aromatic carbocycles. The third-order valence-electron chi connectivity index (χ3n) is 3.31. The zero-order valence-corrected chi connectivity index (χ0v) is 12.3. The van der Waals surface area contributed by atoms with Gasteiger partial charge in [0.15, 0.2) is 0 Å². The van der Waals surface area contributed by atoms with Crippen molar-refractivity contribution in [2.75, 3.05) is 32.8 Å². The first-order valence-corrected chi connectivity index (χ1v) is 6.49. The summed E-state index contributed by atoms with van der Waals surface area (Å²) in [6.07, 6.45) is 0. The highest BCUT2D eigenvalue weighted by molar-refractivity contribution is 5.85. The van der Waals surface area contributed by atoms with Gasteiger partial charge in [0.1, 0.15) is 12.4 Å². The lowest BCUT2D eigenvalue weighted by Crippen LogP contribution is -2.50. The molecule has 0 unspecified atom stereocenters. The van der Waals surface area contributed by atoms with Gasteiger partial charge in [0.2, 0.25) is 0 Å². The number of halogens is 1. The van der Waals surface area contributed by atoms with Gasteiger partial charge in [-0.1, -0.05) is 6.07 Å². The lowest BCUT2D eigenvalue weighted by atomic mass is 10.2. The Morgan fingerprint density at radius 1 is 1.55 bits per heavy atom. The first-order valence-electron chi connectivity index (χ1n) is 6.49. The van der Waals surface area contributed by atoms with Crippen LogP contribution in [0.4, 0.5) is 5.69 Å². The van der Waals surface area contributed by atoms with Crippen molar-refractivity contribution in [1.29, 1.82) is 0 Å². The molecular weight excluding hydrogens is 282 g/mol. The highest BCUT2D eigenvalue weighted by Gasteiger charge is 2.17. The summed E-state index contributed by atoms with van der Waals surface area (Å²) in [5.41, 5.74) is 0.0630. The van der Waals surface area contributed by atoms with E-state index in [1.807, 2.05) is 0 Å². The van der Waals surface area contributed by atoms with Gasteiger partial charge < -0.3 is 10.1 Å². The molecule has 0 aliphatic carbocycles. The summed E-state index contributed by atoms with van der Waals surface area (Å²) >= 11 is 0. The topological polar surface area (TPSA) is 67.6 Å². The maximum atomic E-state index is 10.7. The largest absolute Gasteiger partial charge is 0.492 e. The highest BCUT2D eigenvalue weighted by Crippen LogP contribution is 2.19. The molecule has 1 atom stereocenters. The van der Waals surface area contributed by atoms with Crippen molar-refractivity contribution in [2.24, 2.45) is 0 Å². The van der Waals surface area contributed by atoms with Gasteiger partial charge in [0.05, 0.1) is 11.0 Å². The SMILES string of the molecule is C[C@@H]1CNCCN1CCOc1cccc([N+](=O)[O-])c1.Cl. The lowest BCUT2D eigenvalue weighted by molar-refractivity contribution is -0.384. The van der Waals surface area contributed by atoms with Crippen LogP contribution in [-0.4, -0.2) is 48.7 Å². The third kappa shape index (κ3) is 4.63. The Morgan fingerprint density at radius 2 is 2.35 bits per heavy atom. The molecule has 0 aromatic heterocycles. The second kappa shape index (κ2) is 8.04. The first-order chi connectivity index (χ1) is 9.16. The molecule has 1 aliphatic rings. The summed E-state index contributed by atoms with van der Waals surface area (Å²) in [5.74, 6) is 0.553. The minimum Gasteiger partial charge on any atom is -0.492 e. The van der Waals surface area contributed by atoms with E-state index in [1.54, 1.807) is 12.1 Å². The van der Waals surface area contributed by atoms with Crippen molar-refractivity contribution >= 4 is 18.1 Å². The van der Waals surface area contributed by atoms with Crippen LogP contribution in [0.3, 0.4) is 0 Å². The predicted molar refractivity (Wildman–Crippen MR) is 79.7 cm³/mol. The van der Waals surface area contributed by atoms with E-state index < -0.39 is 4.92 Å². The van der Waals surface area contributed by atoms with Gasteiger partial charge in [0.25, 0.3) is 5.69 Å². The molecule has 0 saturated carbocycles. The van der Waals surface area contributed by atoms with Crippen LogP contribution in [0.15, 0.2) is 24.3 Å². The Kier molecular flexibility index (Phi) is 6.70. The van der Waals surface area contributed by atoms with Crippen molar-refractivity contribution in [3.05, 3.63) is 34.4 Å². The molecule has 7 heteroatoms. The molecule has 20 heavy (non-hydrogen) atoms. The minimum atomic E-state index is -0.411. The maximum absolute atomic E-state index is 10.7. The Labute approximate surface area is 124 Å². The molecule has 112 valence electrons. The minimum absolute atomic E-state index is 0. The Balaban J connectivity index is 0.00000200. The number of benzene rings is 1. The van der Waals surface area contributed by atoms with E-state index in [2.05, 4.69) is 17.1 Å². The van der Waals surface area contributed by atoms with E-state index in [-0.39, 0.29) is 18.1 Å². The summed E-state index contributed by atoms with van der Waals surface area (Å²) < 4.78 is 5.58. The highest BCUT2D eigenvalue weighted by atomic mass is 35.5. The van der Waals surface area contributed by atoms with Crippen LogP contribution in [0.2, 0.25) is 0 Å². The molecule has 0 radical (unpaired) electrons. The summed E-state index contributed by atoms with van der Waals surface area (Å²) in [6, 6.07) is 6.81. The van der Waals surface area contributed by atoms with E-state index in [9.17, 15) is 10.1 Å². The number of nitrogens with zero attached hydrogens (tertiary/aromatic N) is 2. The summed E-state index contributed by atoms with van der Waals surface area (Å²) in [4.78, 5) is 12.6. The molecule has 1 heterocycles. The summed E-state index contributed by atoms with van der Waals surface area (Å²) in [5, 5.41) is 14.0. The van der Waals surface area contributed by atoms with Gasteiger partial charge in [-0.05, 0) is 13.0 Å². The van der Waals surface area contributed by atoms with Gasteiger partial charge in [-0.15, -0.1) is 12.4 Å². The molecule has 0 amide bonds. The number of nitro groups is 1. The summed E-state index contributed by atoms with van der Waals surface area (Å²) in [6.45, 7) is 6.58. The van der Waals surface area contributed by atoms with E-state index >= 15 is 0 Å². The van der Waals surface area contributed by atoms with Crippen molar-refractivity contribution in [3.63, 3.8) is 0 Å². The average Bonchev–Trinajstić information content (AvgIpc) is 2.41. The standard InChI is InChI=1S/C13H19N3O3.ClH/c1-11-10-14-5-6-15(11)7-8-19-13-4-2-3-12(9-13)16(17)18;/h2-4,9,11,14H,5-8,10H2,1H3;1H/t11-;/m1./s1. The average molecular weight is 302 g/mol. The molecule has 1 aromatic rings. The van der Waals surface area contributed by atoms with Crippen LogP contribution < -0.4 is 10.1 Å². The summed E-state index contributed by atoms with van der Waals surface area (Å²) in [7, 11) is 0. The van der Waals surface area contributed by atoms with E-state index in [4.69, 9.17) is 4.74 Å². The van der Waals surface area contributed by atoms with Gasteiger partial charge in [-0.3, -0.25) is 15.0 Å². The molecule has 1 fully saturated rings. The number of nitro benzene ring substituents is 1. The number of ether oxygens (including phenoxy) is 1. The first kappa shape index (κ1) is 16.7. The number of non-ortho nitro benzene ring substituents is 1. The van der Waals surface area contributed by atoms with E-state index in [1.165, 1.54) is 12.1 Å². The molecular formula is C13H20ClN3O3. The fourth-order valence-corrected chi connectivity index (χ4v) is 2.18. The van der Waals surface area contributed by atoms with Crippen LogP contribution >= 0.6 is 12.4 Å². The van der Waals surface area contributed by atoms with Crippen molar-refractivity contribution in [3.8, 4) is 5.75 Å². The number of nitrogens with one attached hydrogen (secondary N) is 1. The smallest absolute Gasteiger partial charge is 0.273 e. The zero-order valence-electron chi connectivity index (χ0n) is 11.4. The molecule has 0 bridgehead atoms.